The second-order valence-corrected chi connectivity index (χ2v) is 4.40. The first-order valence-corrected chi connectivity index (χ1v) is 6.27. The molecule has 4 nitrogen and oxygen atoms in total. The number of aryl methyl sites for hydroxylation is 2. The minimum absolute atomic E-state index is 0.300. The van der Waals surface area contributed by atoms with Gasteiger partial charge in [-0.2, -0.15) is 0 Å². The Morgan fingerprint density at radius 2 is 2.21 bits per heavy atom. The van der Waals surface area contributed by atoms with Gasteiger partial charge in [-0.1, -0.05) is 12.1 Å². The average Bonchev–Trinajstić information content (AvgIpc) is 2.71. The fourth-order valence-corrected chi connectivity index (χ4v) is 1.82. The van der Waals surface area contributed by atoms with Crippen molar-refractivity contribution in [2.24, 2.45) is 0 Å². The number of benzene rings is 1. The van der Waals surface area contributed by atoms with Crippen LogP contribution in [0.25, 0.3) is 0 Å². The molecule has 0 atom stereocenters. The highest BCUT2D eigenvalue weighted by molar-refractivity contribution is 5.54. The minimum Gasteiger partial charge on any atom is -0.493 e. The molecule has 0 amide bonds. The van der Waals surface area contributed by atoms with E-state index in [0.717, 1.165) is 17.6 Å². The number of carbonyl (C=O) groups is 1. The quantitative estimate of drug-likeness (QED) is 0.748. The molecule has 0 spiro atoms. The highest BCUT2D eigenvalue weighted by Crippen LogP contribution is 2.14. The first kappa shape index (κ1) is 13.3. The summed E-state index contributed by atoms with van der Waals surface area (Å²) in [6, 6.07) is 7.89. The van der Waals surface area contributed by atoms with Crippen LogP contribution in [0.3, 0.4) is 0 Å². The van der Waals surface area contributed by atoms with Gasteiger partial charge in [-0.15, -0.1) is 0 Å². The van der Waals surface area contributed by atoms with Crippen LogP contribution in [0.1, 0.15) is 22.9 Å². The van der Waals surface area contributed by atoms with E-state index in [9.17, 15) is 4.79 Å². The standard InChI is InChI=1S/C15H17NO3/c1-11-4-3-5-13(10-11)18-9-7-15-16-14(6-8-17)12(2)19-15/h3-5,8,10H,6-7,9H2,1-2H3. The van der Waals surface area contributed by atoms with Crippen LogP contribution < -0.4 is 4.74 Å². The van der Waals surface area contributed by atoms with Gasteiger partial charge in [-0.05, 0) is 31.5 Å². The summed E-state index contributed by atoms with van der Waals surface area (Å²) in [6.45, 7) is 4.34. The van der Waals surface area contributed by atoms with Gasteiger partial charge in [0.25, 0.3) is 0 Å². The number of hydrogen-bond acceptors (Lipinski definition) is 4. The third-order valence-corrected chi connectivity index (χ3v) is 2.79. The predicted octanol–water partition coefficient (Wildman–Crippen LogP) is 2.65. The van der Waals surface area contributed by atoms with Gasteiger partial charge in [-0.25, -0.2) is 4.98 Å². The molecule has 1 heterocycles. The maximum Gasteiger partial charge on any atom is 0.198 e. The smallest absolute Gasteiger partial charge is 0.198 e. The van der Waals surface area contributed by atoms with E-state index >= 15 is 0 Å². The largest absolute Gasteiger partial charge is 0.493 e. The van der Waals surface area contributed by atoms with Gasteiger partial charge in [-0.3, -0.25) is 0 Å². The van der Waals surface area contributed by atoms with Crippen LogP contribution in [0, 0.1) is 13.8 Å². The van der Waals surface area contributed by atoms with Crippen LogP contribution in [0.2, 0.25) is 0 Å². The summed E-state index contributed by atoms with van der Waals surface area (Å²) in [5.41, 5.74) is 1.87. The first-order valence-electron chi connectivity index (χ1n) is 6.27. The maximum atomic E-state index is 10.5. The highest BCUT2D eigenvalue weighted by Gasteiger charge is 2.08. The molecule has 1 aromatic carbocycles. The van der Waals surface area contributed by atoms with Crippen molar-refractivity contribution >= 4 is 6.29 Å². The van der Waals surface area contributed by atoms with Gasteiger partial charge in [0.15, 0.2) is 5.89 Å². The molecule has 19 heavy (non-hydrogen) atoms. The second-order valence-electron chi connectivity index (χ2n) is 4.40. The van der Waals surface area contributed by atoms with Gasteiger partial charge >= 0.3 is 0 Å². The molecule has 0 aliphatic carbocycles. The summed E-state index contributed by atoms with van der Waals surface area (Å²) in [5, 5.41) is 0. The number of aldehydes is 1. The zero-order valence-electron chi connectivity index (χ0n) is 11.2. The summed E-state index contributed by atoms with van der Waals surface area (Å²) in [6.07, 6.45) is 1.72. The molecular formula is C15H17NO3. The van der Waals surface area contributed by atoms with E-state index in [4.69, 9.17) is 9.15 Å². The molecule has 0 saturated carbocycles. The van der Waals surface area contributed by atoms with Crippen molar-refractivity contribution in [1.82, 2.24) is 4.98 Å². The van der Waals surface area contributed by atoms with Crippen molar-refractivity contribution in [2.45, 2.75) is 26.7 Å². The Hall–Kier alpha value is -2.10. The van der Waals surface area contributed by atoms with Crippen LogP contribution >= 0.6 is 0 Å². The second kappa shape index (κ2) is 6.18. The zero-order valence-corrected chi connectivity index (χ0v) is 11.2. The molecule has 100 valence electrons. The van der Waals surface area contributed by atoms with Gasteiger partial charge in [0, 0.05) is 6.42 Å². The Morgan fingerprint density at radius 3 is 2.95 bits per heavy atom. The average molecular weight is 259 g/mol. The highest BCUT2D eigenvalue weighted by atomic mass is 16.5. The lowest BCUT2D eigenvalue weighted by atomic mass is 10.2. The molecule has 2 rings (SSSR count). The van der Waals surface area contributed by atoms with E-state index in [1.54, 1.807) is 0 Å². The van der Waals surface area contributed by atoms with E-state index in [-0.39, 0.29) is 0 Å². The Labute approximate surface area is 112 Å². The number of hydrogen-bond donors (Lipinski definition) is 0. The van der Waals surface area contributed by atoms with Crippen molar-refractivity contribution in [3.8, 4) is 5.75 Å². The van der Waals surface area contributed by atoms with E-state index in [1.807, 2.05) is 38.1 Å². The molecule has 0 N–H and O–H groups in total. The summed E-state index contributed by atoms with van der Waals surface area (Å²) in [4.78, 5) is 14.7. The van der Waals surface area contributed by atoms with E-state index in [1.165, 1.54) is 0 Å². The molecule has 2 aromatic rings. The summed E-state index contributed by atoms with van der Waals surface area (Å²) < 4.78 is 11.1. The van der Waals surface area contributed by atoms with E-state index in [2.05, 4.69) is 4.98 Å². The van der Waals surface area contributed by atoms with Gasteiger partial charge in [0.1, 0.15) is 17.8 Å². The van der Waals surface area contributed by atoms with E-state index in [0.29, 0.717) is 36.8 Å². The zero-order chi connectivity index (χ0) is 13.7. The molecule has 0 fully saturated rings. The first-order chi connectivity index (χ1) is 9.19. The van der Waals surface area contributed by atoms with Crippen LogP contribution in [0.4, 0.5) is 0 Å². The fourth-order valence-electron chi connectivity index (χ4n) is 1.82. The molecule has 4 heteroatoms. The molecule has 0 radical (unpaired) electrons. The van der Waals surface area contributed by atoms with Crippen molar-refractivity contribution in [3.63, 3.8) is 0 Å². The Balaban J connectivity index is 1.89. The normalized spacial score (nSPS) is 10.4. The lowest BCUT2D eigenvalue weighted by Crippen LogP contribution is -2.02. The third kappa shape index (κ3) is 3.68. The Kier molecular flexibility index (Phi) is 4.34. The number of ether oxygens (including phenoxy) is 1. The van der Waals surface area contributed by atoms with Crippen LogP contribution in [-0.4, -0.2) is 17.9 Å². The number of carbonyl (C=O) groups excluding carboxylic acids is 1. The molecule has 0 saturated heterocycles. The van der Waals surface area contributed by atoms with Crippen LogP contribution in [-0.2, 0) is 17.6 Å². The molecule has 0 aliphatic heterocycles. The van der Waals surface area contributed by atoms with Crippen molar-refractivity contribution in [1.29, 1.82) is 0 Å². The number of rotatable bonds is 6. The van der Waals surface area contributed by atoms with Gasteiger partial charge in [0.2, 0.25) is 0 Å². The third-order valence-electron chi connectivity index (χ3n) is 2.79. The summed E-state index contributed by atoms with van der Waals surface area (Å²) >= 11 is 0. The minimum atomic E-state index is 0.300. The predicted molar refractivity (Wildman–Crippen MR) is 71.4 cm³/mol. The topological polar surface area (TPSA) is 52.3 Å². The summed E-state index contributed by atoms with van der Waals surface area (Å²) in [7, 11) is 0. The molecule has 0 aliphatic rings. The number of aromatic nitrogens is 1. The molecule has 1 aromatic heterocycles. The fraction of sp³-hybridized carbons (Fsp3) is 0.333. The van der Waals surface area contributed by atoms with Gasteiger partial charge < -0.3 is 13.9 Å². The SMILES string of the molecule is Cc1cccc(OCCc2nc(CC=O)c(C)o2)c1. The van der Waals surface area contributed by atoms with Crippen LogP contribution in [0.15, 0.2) is 28.7 Å². The lowest BCUT2D eigenvalue weighted by molar-refractivity contribution is -0.107. The number of nitrogens with zero attached hydrogens (tertiary/aromatic N) is 1. The Bertz CT molecular complexity index is 560. The molecular weight excluding hydrogens is 242 g/mol. The van der Waals surface area contributed by atoms with Gasteiger partial charge in [0.05, 0.1) is 18.7 Å². The van der Waals surface area contributed by atoms with E-state index < -0.39 is 0 Å². The molecule has 0 unspecified atom stereocenters. The van der Waals surface area contributed by atoms with Crippen molar-refractivity contribution < 1.29 is 13.9 Å². The maximum absolute atomic E-state index is 10.5. The summed E-state index contributed by atoms with van der Waals surface area (Å²) in [5.74, 6) is 2.16. The lowest BCUT2D eigenvalue weighted by Gasteiger charge is -2.04. The number of oxazole rings is 1. The Morgan fingerprint density at radius 1 is 1.37 bits per heavy atom. The monoisotopic (exact) mass is 259 g/mol. The molecule has 0 bridgehead atoms. The van der Waals surface area contributed by atoms with Crippen molar-refractivity contribution in [3.05, 3.63) is 47.2 Å². The van der Waals surface area contributed by atoms with Crippen molar-refractivity contribution in [2.75, 3.05) is 6.61 Å². The van der Waals surface area contributed by atoms with Crippen LogP contribution in [0.5, 0.6) is 5.75 Å².